The summed E-state index contributed by atoms with van der Waals surface area (Å²) in [5, 5.41) is 16.1. The van der Waals surface area contributed by atoms with Gasteiger partial charge in [0.1, 0.15) is 11.3 Å². The Morgan fingerprint density at radius 1 is 1.45 bits per heavy atom. The van der Waals surface area contributed by atoms with E-state index in [9.17, 15) is 0 Å². The van der Waals surface area contributed by atoms with Gasteiger partial charge in [-0.1, -0.05) is 11.2 Å². The van der Waals surface area contributed by atoms with Gasteiger partial charge < -0.3 is 15.7 Å². The molecule has 1 aromatic carbocycles. The molecule has 0 aliphatic heterocycles. The van der Waals surface area contributed by atoms with Crippen molar-refractivity contribution in [2.24, 2.45) is 17.9 Å². The summed E-state index contributed by atoms with van der Waals surface area (Å²) in [5.74, 6) is 1.02. The summed E-state index contributed by atoms with van der Waals surface area (Å²) in [6, 6.07) is 5.73. The second-order valence-electron chi connectivity index (χ2n) is 4.41. The number of aromatic nitrogens is 2. The van der Waals surface area contributed by atoms with Crippen LogP contribution in [0.1, 0.15) is 16.8 Å². The first-order valence-corrected chi connectivity index (χ1v) is 6.68. The van der Waals surface area contributed by atoms with Gasteiger partial charge in [0, 0.05) is 7.05 Å². The van der Waals surface area contributed by atoms with Crippen molar-refractivity contribution in [1.29, 1.82) is 0 Å². The molecule has 106 valence electrons. The van der Waals surface area contributed by atoms with E-state index in [1.54, 1.807) is 18.7 Å². The molecule has 0 bridgehead atoms. The maximum Gasteiger partial charge on any atom is 0.229 e. The lowest BCUT2D eigenvalue weighted by Gasteiger charge is -2.10. The van der Waals surface area contributed by atoms with Crippen LogP contribution in [0, 0.1) is 13.8 Å². The highest BCUT2D eigenvalue weighted by molar-refractivity contribution is 9.10. The molecule has 0 amide bonds. The Labute approximate surface area is 125 Å². The van der Waals surface area contributed by atoms with Gasteiger partial charge in [-0.2, -0.15) is 5.10 Å². The Kier molecular flexibility index (Phi) is 3.99. The van der Waals surface area contributed by atoms with E-state index >= 15 is 0 Å². The molecule has 2 rings (SSSR count). The third-order valence-electron chi connectivity index (χ3n) is 2.83. The lowest BCUT2D eigenvalue weighted by atomic mass is 10.2. The van der Waals surface area contributed by atoms with Crippen LogP contribution in [-0.2, 0) is 7.05 Å². The maximum absolute atomic E-state index is 8.86. The Bertz CT molecular complexity index is 679. The number of amidine groups is 1. The molecule has 0 fully saturated rings. The van der Waals surface area contributed by atoms with Crippen molar-refractivity contribution in [2.45, 2.75) is 13.8 Å². The van der Waals surface area contributed by atoms with Crippen molar-refractivity contribution >= 4 is 21.8 Å². The molecule has 2 aromatic rings. The van der Waals surface area contributed by atoms with Crippen LogP contribution < -0.4 is 10.5 Å². The Morgan fingerprint density at radius 2 is 2.15 bits per heavy atom. The quantitative estimate of drug-likeness (QED) is 0.390. The SMILES string of the molecule is Cc1ccc(Oc2c(C(N)=NO)c(C)nn2C)c(Br)c1. The van der Waals surface area contributed by atoms with E-state index in [1.807, 2.05) is 25.1 Å². The highest BCUT2D eigenvalue weighted by Gasteiger charge is 2.20. The van der Waals surface area contributed by atoms with Crippen LogP contribution in [0.5, 0.6) is 11.6 Å². The Balaban J connectivity index is 2.48. The van der Waals surface area contributed by atoms with Crippen molar-refractivity contribution < 1.29 is 9.94 Å². The van der Waals surface area contributed by atoms with Crippen LogP contribution in [0.3, 0.4) is 0 Å². The zero-order chi connectivity index (χ0) is 14.9. The summed E-state index contributed by atoms with van der Waals surface area (Å²) in [4.78, 5) is 0. The van der Waals surface area contributed by atoms with Gasteiger partial charge in [0.25, 0.3) is 0 Å². The molecular weight excluding hydrogens is 324 g/mol. The van der Waals surface area contributed by atoms with Crippen molar-refractivity contribution in [2.75, 3.05) is 0 Å². The third-order valence-corrected chi connectivity index (χ3v) is 3.45. The molecule has 0 aliphatic rings. The number of hydrogen-bond acceptors (Lipinski definition) is 4. The zero-order valence-electron chi connectivity index (χ0n) is 11.4. The Hall–Kier alpha value is -2.02. The number of nitrogens with two attached hydrogens (primary N) is 1. The molecule has 0 saturated carbocycles. The second-order valence-corrected chi connectivity index (χ2v) is 5.26. The molecule has 1 aromatic heterocycles. The summed E-state index contributed by atoms with van der Waals surface area (Å²) in [7, 11) is 1.73. The van der Waals surface area contributed by atoms with E-state index in [-0.39, 0.29) is 5.84 Å². The summed E-state index contributed by atoms with van der Waals surface area (Å²) in [5.41, 5.74) is 7.89. The lowest BCUT2D eigenvalue weighted by molar-refractivity contribution is 0.318. The topological polar surface area (TPSA) is 85.7 Å². The van der Waals surface area contributed by atoms with Crippen LogP contribution in [-0.4, -0.2) is 20.8 Å². The summed E-state index contributed by atoms with van der Waals surface area (Å²) >= 11 is 3.45. The van der Waals surface area contributed by atoms with Gasteiger partial charge in [-0.05, 0) is 47.5 Å². The lowest BCUT2D eigenvalue weighted by Crippen LogP contribution is -2.15. The summed E-state index contributed by atoms with van der Waals surface area (Å²) < 4.78 is 8.22. The van der Waals surface area contributed by atoms with Gasteiger partial charge in [0.05, 0.1) is 10.2 Å². The average Bonchev–Trinajstić information content (AvgIpc) is 2.66. The van der Waals surface area contributed by atoms with Crippen molar-refractivity contribution in [3.8, 4) is 11.6 Å². The van der Waals surface area contributed by atoms with E-state index in [1.165, 1.54) is 0 Å². The summed E-state index contributed by atoms with van der Waals surface area (Å²) in [6.07, 6.45) is 0. The van der Waals surface area contributed by atoms with Crippen LogP contribution in [0.2, 0.25) is 0 Å². The van der Waals surface area contributed by atoms with Gasteiger partial charge in [0.2, 0.25) is 5.88 Å². The maximum atomic E-state index is 8.86. The largest absolute Gasteiger partial charge is 0.437 e. The normalized spacial score (nSPS) is 11.7. The number of halogens is 1. The van der Waals surface area contributed by atoms with Crippen LogP contribution in [0.15, 0.2) is 27.8 Å². The second kappa shape index (κ2) is 5.54. The van der Waals surface area contributed by atoms with Crippen molar-refractivity contribution in [1.82, 2.24) is 9.78 Å². The standard InChI is InChI=1S/C13H15BrN4O2/c1-7-4-5-10(9(14)6-7)20-13-11(12(15)17-19)8(2)16-18(13)3/h4-6,19H,1-3H3,(H2,15,17). The minimum absolute atomic E-state index is 0.0335. The predicted molar refractivity (Wildman–Crippen MR) is 79.4 cm³/mol. The first-order valence-electron chi connectivity index (χ1n) is 5.89. The van der Waals surface area contributed by atoms with Crippen molar-refractivity contribution in [3.05, 3.63) is 39.5 Å². The number of aryl methyl sites for hydroxylation is 3. The number of rotatable bonds is 3. The number of benzene rings is 1. The van der Waals surface area contributed by atoms with Gasteiger partial charge in [-0.15, -0.1) is 0 Å². The smallest absolute Gasteiger partial charge is 0.229 e. The van der Waals surface area contributed by atoms with E-state index < -0.39 is 0 Å². The minimum atomic E-state index is -0.0335. The molecule has 3 N–H and O–H groups in total. The van der Waals surface area contributed by atoms with E-state index in [2.05, 4.69) is 26.2 Å². The van der Waals surface area contributed by atoms with Crippen LogP contribution in [0.25, 0.3) is 0 Å². The molecule has 0 aliphatic carbocycles. The number of oxime groups is 1. The third kappa shape index (κ3) is 2.62. The molecule has 6 nitrogen and oxygen atoms in total. The zero-order valence-corrected chi connectivity index (χ0v) is 13.0. The molecule has 0 saturated heterocycles. The van der Waals surface area contributed by atoms with E-state index in [0.29, 0.717) is 22.9 Å². The highest BCUT2D eigenvalue weighted by Crippen LogP contribution is 2.32. The average molecular weight is 339 g/mol. The fraction of sp³-hybridized carbons (Fsp3) is 0.231. The van der Waals surface area contributed by atoms with Gasteiger partial charge in [0.15, 0.2) is 5.84 Å². The minimum Gasteiger partial charge on any atom is -0.437 e. The molecule has 0 radical (unpaired) electrons. The van der Waals surface area contributed by atoms with E-state index in [4.69, 9.17) is 15.7 Å². The highest BCUT2D eigenvalue weighted by atomic mass is 79.9. The van der Waals surface area contributed by atoms with Crippen LogP contribution in [0.4, 0.5) is 0 Å². The number of ether oxygens (including phenoxy) is 1. The molecule has 0 unspecified atom stereocenters. The predicted octanol–water partition coefficient (Wildman–Crippen LogP) is 2.69. The molecule has 1 heterocycles. The fourth-order valence-corrected chi connectivity index (χ4v) is 2.47. The molecule has 0 spiro atoms. The monoisotopic (exact) mass is 338 g/mol. The van der Waals surface area contributed by atoms with Crippen LogP contribution >= 0.6 is 15.9 Å². The molecule has 7 heteroatoms. The summed E-state index contributed by atoms with van der Waals surface area (Å²) in [6.45, 7) is 3.76. The van der Waals surface area contributed by atoms with E-state index in [0.717, 1.165) is 10.0 Å². The molecule has 20 heavy (non-hydrogen) atoms. The van der Waals surface area contributed by atoms with Gasteiger partial charge in [-0.3, -0.25) is 0 Å². The fourth-order valence-electron chi connectivity index (χ4n) is 1.89. The van der Waals surface area contributed by atoms with Crippen molar-refractivity contribution in [3.63, 3.8) is 0 Å². The number of nitrogens with zero attached hydrogens (tertiary/aromatic N) is 3. The number of hydrogen-bond donors (Lipinski definition) is 2. The first kappa shape index (κ1) is 14.4. The first-order chi connectivity index (χ1) is 9.43. The van der Waals surface area contributed by atoms with Gasteiger partial charge >= 0.3 is 0 Å². The molecular formula is C13H15BrN4O2. The molecule has 0 atom stereocenters. The van der Waals surface area contributed by atoms with Gasteiger partial charge in [-0.25, -0.2) is 4.68 Å². The Morgan fingerprint density at radius 3 is 2.75 bits per heavy atom.